The largest absolute Gasteiger partial charge is 0.497 e. The number of rotatable bonds is 5. The third-order valence-electron chi connectivity index (χ3n) is 2.83. The zero-order valence-electron chi connectivity index (χ0n) is 9.03. The normalized spacial score (nSPS) is 15.0. The average Bonchev–Trinajstić information content (AvgIpc) is 3.10. The van der Waals surface area contributed by atoms with Crippen LogP contribution in [0.3, 0.4) is 0 Å². The molecule has 0 saturated heterocycles. The van der Waals surface area contributed by atoms with Gasteiger partial charge in [0.15, 0.2) is 0 Å². The lowest BCUT2D eigenvalue weighted by atomic mass is 10.1. The first-order chi connectivity index (χ1) is 7.29. The molecule has 0 N–H and O–H groups in total. The second-order valence-electron chi connectivity index (χ2n) is 4.09. The van der Waals surface area contributed by atoms with E-state index in [-0.39, 0.29) is 0 Å². The minimum Gasteiger partial charge on any atom is -0.497 e. The van der Waals surface area contributed by atoms with Crippen LogP contribution < -0.4 is 4.74 Å². The summed E-state index contributed by atoms with van der Waals surface area (Å²) in [6.45, 7) is 0. The summed E-state index contributed by atoms with van der Waals surface area (Å²) in [7, 11) is 1.66. The average molecular weight is 204 g/mol. The highest BCUT2D eigenvalue weighted by Gasteiger charge is 2.28. The molecule has 0 heterocycles. The molecule has 15 heavy (non-hydrogen) atoms. The van der Waals surface area contributed by atoms with Crippen molar-refractivity contribution in [2.24, 2.45) is 5.92 Å². The van der Waals surface area contributed by atoms with Crippen molar-refractivity contribution in [2.45, 2.75) is 25.7 Å². The van der Waals surface area contributed by atoms with Crippen LogP contribution in [0.25, 0.3) is 0 Å². The predicted octanol–water partition coefficient (Wildman–Crippen LogP) is 2.61. The summed E-state index contributed by atoms with van der Waals surface area (Å²) >= 11 is 0. The van der Waals surface area contributed by atoms with Gasteiger partial charge in [-0.3, -0.25) is 4.79 Å². The van der Waals surface area contributed by atoms with E-state index in [1.54, 1.807) is 7.11 Å². The number of Topliss-reactive ketones (excluding diaryl/α,β-unsaturated/α-hetero) is 1. The van der Waals surface area contributed by atoms with Crippen molar-refractivity contribution in [3.8, 4) is 5.75 Å². The van der Waals surface area contributed by atoms with E-state index in [0.717, 1.165) is 25.0 Å². The molecule has 1 aromatic rings. The van der Waals surface area contributed by atoms with Crippen molar-refractivity contribution >= 4 is 5.78 Å². The molecule has 0 spiro atoms. The summed E-state index contributed by atoms with van der Waals surface area (Å²) < 4.78 is 5.14. The van der Waals surface area contributed by atoms with Crippen LogP contribution in [0, 0.1) is 5.92 Å². The Morgan fingerprint density at radius 1 is 1.47 bits per heavy atom. The first-order valence-electron chi connectivity index (χ1n) is 5.45. The fourth-order valence-corrected chi connectivity index (χ4v) is 1.70. The Labute approximate surface area is 90.3 Å². The topological polar surface area (TPSA) is 26.3 Å². The van der Waals surface area contributed by atoms with E-state index in [1.807, 2.05) is 24.3 Å². The van der Waals surface area contributed by atoms with Crippen LogP contribution in [0.15, 0.2) is 24.3 Å². The van der Waals surface area contributed by atoms with Crippen molar-refractivity contribution in [3.63, 3.8) is 0 Å². The highest BCUT2D eigenvalue weighted by Crippen LogP contribution is 2.31. The standard InChI is InChI=1S/C13H16O2/c1-15-12-4-2-3-10(9-12)5-8-13(14)11-6-7-11/h2-4,9,11H,5-8H2,1H3. The summed E-state index contributed by atoms with van der Waals surface area (Å²) in [5.74, 6) is 1.68. The lowest BCUT2D eigenvalue weighted by molar-refractivity contribution is -0.120. The summed E-state index contributed by atoms with van der Waals surface area (Å²) in [6, 6.07) is 7.94. The Morgan fingerprint density at radius 2 is 2.27 bits per heavy atom. The molecule has 2 heteroatoms. The zero-order valence-corrected chi connectivity index (χ0v) is 9.03. The smallest absolute Gasteiger partial charge is 0.136 e. The molecule has 0 aromatic heterocycles. The Morgan fingerprint density at radius 3 is 2.93 bits per heavy atom. The van der Waals surface area contributed by atoms with Crippen molar-refractivity contribution in [1.29, 1.82) is 0 Å². The number of ketones is 1. The summed E-state index contributed by atoms with van der Waals surface area (Å²) in [5, 5.41) is 0. The van der Waals surface area contributed by atoms with Gasteiger partial charge in [0.05, 0.1) is 7.11 Å². The van der Waals surface area contributed by atoms with Gasteiger partial charge in [0.1, 0.15) is 11.5 Å². The summed E-state index contributed by atoms with van der Waals surface area (Å²) in [5.41, 5.74) is 1.18. The van der Waals surface area contributed by atoms with Crippen LogP contribution >= 0.6 is 0 Å². The lowest BCUT2D eigenvalue weighted by Crippen LogP contribution is -2.02. The highest BCUT2D eigenvalue weighted by molar-refractivity contribution is 5.83. The molecular formula is C13H16O2. The number of carbonyl (C=O) groups excluding carboxylic acids is 1. The van der Waals surface area contributed by atoms with Crippen LogP contribution in [-0.4, -0.2) is 12.9 Å². The van der Waals surface area contributed by atoms with E-state index in [1.165, 1.54) is 5.56 Å². The second-order valence-corrected chi connectivity index (χ2v) is 4.09. The molecule has 2 rings (SSSR count). The number of benzene rings is 1. The fraction of sp³-hybridized carbons (Fsp3) is 0.462. The van der Waals surface area contributed by atoms with E-state index >= 15 is 0 Å². The first kappa shape index (κ1) is 10.2. The Kier molecular flexibility index (Phi) is 3.05. The van der Waals surface area contributed by atoms with Gasteiger partial charge in [-0.1, -0.05) is 12.1 Å². The van der Waals surface area contributed by atoms with Crippen LogP contribution in [0.1, 0.15) is 24.8 Å². The molecule has 0 radical (unpaired) electrons. The molecule has 0 amide bonds. The summed E-state index contributed by atoms with van der Waals surface area (Å²) in [4.78, 5) is 11.5. The van der Waals surface area contributed by atoms with Crippen LogP contribution in [0.2, 0.25) is 0 Å². The van der Waals surface area contributed by atoms with Gasteiger partial charge in [-0.2, -0.15) is 0 Å². The quantitative estimate of drug-likeness (QED) is 0.737. The lowest BCUT2D eigenvalue weighted by Gasteiger charge is -2.03. The molecule has 2 nitrogen and oxygen atoms in total. The molecule has 1 aromatic carbocycles. The van der Waals surface area contributed by atoms with E-state index in [2.05, 4.69) is 0 Å². The zero-order chi connectivity index (χ0) is 10.7. The third kappa shape index (κ3) is 2.82. The van der Waals surface area contributed by atoms with Crippen molar-refractivity contribution in [1.82, 2.24) is 0 Å². The van der Waals surface area contributed by atoms with Crippen LogP contribution in [0.4, 0.5) is 0 Å². The predicted molar refractivity (Wildman–Crippen MR) is 59.0 cm³/mol. The van der Waals surface area contributed by atoms with Gasteiger partial charge in [0, 0.05) is 12.3 Å². The van der Waals surface area contributed by atoms with E-state index in [4.69, 9.17) is 4.74 Å². The Balaban J connectivity index is 1.89. The van der Waals surface area contributed by atoms with Crippen molar-refractivity contribution in [3.05, 3.63) is 29.8 Å². The number of methoxy groups -OCH3 is 1. The third-order valence-corrected chi connectivity index (χ3v) is 2.83. The molecule has 0 aliphatic heterocycles. The van der Waals surface area contributed by atoms with Crippen molar-refractivity contribution in [2.75, 3.05) is 7.11 Å². The van der Waals surface area contributed by atoms with Gasteiger partial charge in [-0.25, -0.2) is 0 Å². The number of ether oxygens (including phenoxy) is 1. The molecule has 0 atom stereocenters. The molecular weight excluding hydrogens is 188 g/mol. The minimum atomic E-state index is 0.385. The van der Waals surface area contributed by atoms with Gasteiger partial charge < -0.3 is 4.74 Å². The first-order valence-corrected chi connectivity index (χ1v) is 5.45. The van der Waals surface area contributed by atoms with Gasteiger partial charge in [-0.15, -0.1) is 0 Å². The van der Waals surface area contributed by atoms with E-state index in [9.17, 15) is 4.79 Å². The molecule has 1 fully saturated rings. The van der Waals surface area contributed by atoms with E-state index in [0.29, 0.717) is 18.1 Å². The Hall–Kier alpha value is -1.31. The van der Waals surface area contributed by atoms with Gasteiger partial charge in [-0.05, 0) is 37.0 Å². The maximum atomic E-state index is 11.5. The molecule has 80 valence electrons. The number of aryl methyl sites for hydroxylation is 1. The van der Waals surface area contributed by atoms with E-state index < -0.39 is 0 Å². The molecule has 1 saturated carbocycles. The second kappa shape index (κ2) is 4.47. The van der Waals surface area contributed by atoms with Crippen LogP contribution in [0.5, 0.6) is 5.75 Å². The van der Waals surface area contributed by atoms with Gasteiger partial charge >= 0.3 is 0 Å². The number of carbonyl (C=O) groups is 1. The van der Waals surface area contributed by atoms with Gasteiger partial charge in [0.25, 0.3) is 0 Å². The maximum Gasteiger partial charge on any atom is 0.136 e. The molecule has 1 aliphatic carbocycles. The summed E-state index contributed by atoms with van der Waals surface area (Å²) in [6.07, 6.45) is 3.73. The SMILES string of the molecule is COc1cccc(CCC(=O)C2CC2)c1. The molecule has 0 unspecified atom stereocenters. The van der Waals surface area contributed by atoms with Gasteiger partial charge in [0.2, 0.25) is 0 Å². The van der Waals surface area contributed by atoms with Crippen molar-refractivity contribution < 1.29 is 9.53 Å². The molecule has 1 aliphatic rings. The minimum absolute atomic E-state index is 0.385. The Bertz CT molecular complexity index is 353. The van der Waals surface area contributed by atoms with Crippen LogP contribution in [-0.2, 0) is 11.2 Å². The maximum absolute atomic E-state index is 11.5. The molecule has 0 bridgehead atoms. The monoisotopic (exact) mass is 204 g/mol. The number of hydrogen-bond donors (Lipinski definition) is 0. The fourth-order valence-electron chi connectivity index (χ4n) is 1.70. The highest BCUT2D eigenvalue weighted by atomic mass is 16.5. The number of hydrogen-bond acceptors (Lipinski definition) is 2.